The number of benzene rings is 1. The second kappa shape index (κ2) is 7.75. The van der Waals surface area contributed by atoms with Crippen molar-refractivity contribution in [2.24, 2.45) is 0 Å². The van der Waals surface area contributed by atoms with Crippen molar-refractivity contribution in [2.45, 2.75) is 32.9 Å². The van der Waals surface area contributed by atoms with E-state index in [0.29, 0.717) is 11.5 Å². The van der Waals surface area contributed by atoms with E-state index in [2.05, 4.69) is 10.6 Å². The third kappa shape index (κ3) is 4.74. The summed E-state index contributed by atoms with van der Waals surface area (Å²) in [5.74, 6) is 1.37. The molecule has 1 aromatic carbocycles. The van der Waals surface area contributed by atoms with E-state index in [1.54, 1.807) is 14.2 Å². The zero-order chi connectivity index (χ0) is 15.1. The summed E-state index contributed by atoms with van der Waals surface area (Å²) in [7, 11) is 3.21. The molecule has 5 heteroatoms. The predicted octanol–water partition coefficient (Wildman–Crippen LogP) is 1.88. The number of hydrogen-bond acceptors (Lipinski definition) is 4. The van der Waals surface area contributed by atoms with Crippen molar-refractivity contribution in [3.63, 3.8) is 0 Å². The zero-order valence-corrected chi connectivity index (χ0v) is 12.8. The maximum absolute atomic E-state index is 11.6. The second-order valence-electron chi connectivity index (χ2n) is 4.94. The average molecular weight is 280 g/mol. The van der Waals surface area contributed by atoms with E-state index >= 15 is 0 Å². The summed E-state index contributed by atoms with van der Waals surface area (Å²) >= 11 is 0. The van der Waals surface area contributed by atoms with Gasteiger partial charge in [-0.2, -0.15) is 0 Å². The van der Waals surface area contributed by atoms with Crippen molar-refractivity contribution < 1.29 is 14.3 Å². The van der Waals surface area contributed by atoms with Crippen LogP contribution in [0.4, 0.5) is 0 Å². The fourth-order valence-corrected chi connectivity index (χ4v) is 1.86. The molecule has 0 aliphatic rings. The third-order valence-electron chi connectivity index (χ3n) is 2.93. The quantitative estimate of drug-likeness (QED) is 0.800. The minimum absolute atomic E-state index is 0.00710. The zero-order valence-electron chi connectivity index (χ0n) is 12.8. The first-order chi connectivity index (χ1) is 9.47. The fraction of sp³-hybridized carbons (Fsp3) is 0.533. The molecule has 0 fully saturated rings. The summed E-state index contributed by atoms with van der Waals surface area (Å²) < 4.78 is 10.5. The summed E-state index contributed by atoms with van der Waals surface area (Å²) in [4.78, 5) is 11.6. The number of hydrogen-bond donors (Lipinski definition) is 2. The lowest BCUT2D eigenvalue weighted by molar-refractivity contribution is -0.120. The molecule has 0 saturated carbocycles. The van der Waals surface area contributed by atoms with Crippen molar-refractivity contribution in [3.05, 3.63) is 23.8 Å². The summed E-state index contributed by atoms with van der Waals surface area (Å²) in [5.41, 5.74) is 1.04. The van der Waals surface area contributed by atoms with E-state index in [4.69, 9.17) is 9.47 Å². The van der Waals surface area contributed by atoms with E-state index in [1.807, 2.05) is 39.0 Å². The topological polar surface area (TPSA) is 59.6 Å². The Hall–Kier alpha value is -1.75. The maximum Gasteiger partial charge on any atom is 0.234 e. The van der Waals surface area contributed by atoms with E-state index in [9.17, 15) is 4.79 Å². The van der Waals surface area contributed by atoms with Crippen molar-refractivity contribution >= 4 is 5.91 Å². The van der Waals surface area contributed by atoms with Crippen LogP contribution in [0.2, 0.25) is 0 Å². The molecule has 112 valence electrons. The smallest absolute Gasteiger partial charge is 0.234 e. The monoisotopic (exact) mass is 280 g/mol. The first-order valence-corrected chi connectivity index (χ1v) is 6.72. The minimum Gasteiger partial charge on any atom is -0.493 e. The number of rotatable bonds is 7. The highest BCUT2D eigenvalue weighted by Crippen LogP contribution is 2.29. The molecule has 5 nitrogen and oxygen atoms in total. The van der Waals surface area contributed by atoms with Crippen molar-refractivity contribution in [1.29, 1.82) is 0 Å². The Morgan fingerprint density at radius 2 is 1.80 bits per heavy atom. The number of amides is 1. The number of nitrogens with one attached hydrogen (secondary N) is 2. The van der Waals surface area contributed by atoms with Gasteiger partial charge in [0.2, 0.25) is 5.91 Å². The molecule has 0 saturated heterocycles. The van der Waals surface area contributed by atoms with Crippen LogP contribution in [0.1, 0.15) is 32.4 Å². The Morgan fingerprint density at radius 3 is 2.35 bits per heavy atom. The molecule has 0 aliphatic carbocycles. The van der Waals surface area contributed by atoms with Gasteiger partial charge in [-0.3, -0.25) is 4.79 Å². The number of ether oxygens (including phenoxy) is 2. The van der Waals surface area contributed by atoms with Gasteiger partial charge in [-0.15, -0.1) is 0 Å². The van der Waals surface area contributed by atoms with Gasteiger partial charge in [-0.05, 0) is 38.5 Å². The highest BCUT2D eigenvalue weighted by Gasteiger charge is 2.11. The van der Waals surface area contributed by atoms with Crippen LogP contribution >= 0.6 is 0 Å². The molecule has 1 amide bonds. The van der Waals surface area contributed by atoms with Crippen LogP contribution in [0.25, 0.3) is 0 Å². The molecule has 0 aliphatic heterocycles. The first kappa shape index (κ1) is 16.3. The van der Waals surface area contributed by atoms with Gasteiger partial charge in [0.25, 0.3) is 0 Å². The Morgan fingerprint density at radius 1 is 1.15 bits per heavy atom. The molecule has 1 unspecified atom stereocenters. The molecule has 1 atom stereocenters. The van der Waals surface area contributed by atoms with Crippen LogP contribution < -0.4 is 20.1 Å². The van der Waals surface area contributed by atoms with Gasteiger partial charge in [0.1, 0.15) is 0 Å². The van der Waals surface area contributed by atoms with Crippen LogP contribution in [0.5, 0.6) is 11.5 Å². The van der Waals surface area contributed by atoms with Crippen molar-refractivity contribution in [1.82, 2.24) is 10.6 Å². The lowest BCUT2D eigenvalue weighted by Gasteiger charge is -2.17. The molecule has 0 bridgehead atoms. The van der Waals surface area contributed by atoms with E-state index in [-0.39, 0.29) is 24.5 Å². The number of methoxy groups -OCH3 is 2. The van der Waals surface area contributed by atoms with Gasteiger partial charge in [-0.1, -0.05) is 6.07 Å². The molecule has 0 spiro atoms. The molecule has 1 rings (SSSR count). The van der Waals surface area contributed by atoms with Crippen LogP contribution in [-0.4, -0.2) is 32.7 Å². The average Bonchev–Trinajstić information content (AvgIpc) is 2.43. The number of carbonyl (C=O) groups excluding carboxylic acids is 1. The molecule has 0 heterocycles. The molecular weight excluding hydrogens is 256 g/mol. The second-order valence-corrected chi connectivity index (χ2v) is 4.94. The molecule has 1 aromatic rings. The maximum atomic E-state index is 11.6. The SMILES string of the molecule is COc1ccc(C(C)NCC(=O)NC(C)C)cc1OC. The lowest BCUT2D eigenvalue weighted by atomic mass is 10.1. The van der Waals surface area contributed by atoms with Gasteiger partial charge >= 0.3 is 0 Å². The summed E-state index contributed by atoms with van der Waals surface area (Å²) in [5, 5.41) is 6.03. The predicted molar refractivity (Wildman–Crippen MR) is 79.2 cm³/mol. The fourth-order valence-electron chi connectivity index (χ4n) is 1.86. The Balaban J connectivity index is 2.63. The van der Waals surface area contributed by atoms with E-state index in [0.717, 1.165) is 5.56 Å². The standard InChI is InChI=1S/C15H24N2O3/c1-10(2)17-15(18)9-16-11(3)12-6-7-13(19-4)14(8-12)20-5/h6-8,10-11,16H,9H2,1-5H3,(H,17,18). The Kier molecular flexibility index (Phi) is 6.31. The first-order valence-electron chi connectivity index (χ1n) is 6.72. The van der Waals surface area contributed by atoms with Crippen LogP contribution in [-0.2, 0) is 4.79 Å². The van der Waals surface area contributed by atoms with Crippen molar-refractivity contribution in [2.75, 3.05) is 20.8 Å². The summed E-state index contributed by atoms with van der Waals surface area (Å²) in [6, 6.07) is 5.94. The Bertz CT molecular complexity index is 447. The van der Waals surface area contributed by atoms with E-state index < -0.39 is 0 Å². The van der Waals surface area contributed by atoms with Gasteiger partial charge in [0.05, 0.1) is 20.8 Å². The highest BCUT2D eigenvalue weighted by atomic mass is 16.5. The minimum atomic E-state index is -0.00710. The van der Waals surface area contributed by atoms with Gasteiger partial charge in [-0.25, -0.2) is 0 Å². The van der Waals surface area contributed by atoms with Crippen LogP contribution in [0, 0.1) is 0 Å². The molecule has 0 aromatic heterocycles. The lowest BCUT2D eigenvalue weighted by Crippen LogP contribution is -2.38. The van der Waals surface area contributed by atoms with Crippen LogP contribution in [0.3, 0.4) is 0 Å². The molecule has 20 heavy (non-hydrogen) atoms. The summed E-state index contributed by atoms with van der Waals surface area (Å²) in [6.07, 6.45) is 0. The van der Waals surface area contributed by atoms with Gasteiger partial charge in [0, 0.05) is 12.1 Å². The normalized spacial score (nSPS) is 12.1. The molecular formula is C15H24N2O3. The van der Waals surface area contributed by atoms with Gasteiger partial charge in [0.15, 0.2) is 11.5 Å². The number of carbonyl (C=O) groups is 1. The highest BCUT2D eigenvalue weighted by molar-refractivity contribution is 5.78. The molecule has 0 radical (unpaired) electrons. The largest absolute Gasteiger partial charge is 0.493 e. The van der Waals surface area contributed by atoms with Gasteiger partial charge < -0.3 is 20.1 Å². The molecule has 2 N–H and O–H groups in total. The third-order valence-corrected chi connectivity index (χ3v) is 2.93. The van der Waals surface area contributed by atoms with E-state index in [1.165, 1.54) is 0 Å². The van der Waals surface area contributed by atoms with Crippen LogP contribution in [0.15, 0.2) is 18.2 Å². The Labute approximate surface area is 120 Å². The van der Waals surface area contributed by atoms with Crippen molar-refractivity contribution in [3.8, 4) is 11.5 Å². The summed E-state index contributed by atoms with van der Waals surface area (Å²) in [6.45, 7) is 6.17.